The Labute approximate surface area is 238 Å². The van der Waals surface area contributed by atoms with E-state index in [9.17, 15) is 4.79 Å². The minimum absolute atomic E-state index is 0.283. The highest BCUT2D eigenvalue weighted by Gasteiger charge is 2.21. The lowest BCUT2D eigenvalue weighted by molar-refractivity contribution is 0.0974. The Morgan fingerprint density at radius 1 is 0.872 bits per heavy atom. The Kier molecular flexibility index (Phi) is 9.48. The van der Waals surface area contributed by atoms with Crippen LogP contribution < -0.4 is 0 Å². The van der Waals surface area contributed by atoms with Gasteiger partial charge in [0.2, 0.25) is 0 Å². The second-order valence-electron chi connectivity index (χ2n) is 11.2. The fourth-order valence-corrected chi connectivity index (χ4v) is 6.28. The van der Waals surface area contributed by atoms with Crippen LogP contribution in [0.1, 0.15) is 64.7 Å². The largest absolute Gasteiger partial charge is 0.299 e. The zero-order chi connectivity index (χ0) is 27.0. The average molecular weight is 540 g/mol. The van der Waals surface area contributed by atoms with Crippen molar-refractivity contribution < 1.29 is 4.79 Å². The number of hydrogen-bond acceptors (Lipinski definition) is 3. The molecule has 2 heterocycles. The number of ketones is 1. The Bertz CT molecular complexity index is 1320. The first-order valence-corrected chi connectivity index (χ1v) is 14.7. The number of Topliss-reactive ketones (excluding diaryl/α,β-unsaturated/α-hetero) is 1. The lowest BCUT2D eigenvalue weighted by Gasteiger charge is -2.32. The Hall–Kier alpha value is -2.97. The molecule has 2 aliphatic rings. The molecule has 1 saturated heterocycles. The van der Waals surface area contributed by atoms with E-state index in [1.54, 1.807) is 0 Å². The van der Waals surface area contributed by atoms with Crippen LogP contribution in [0.3, 0.4) is 0 Å². The van der Waals surface area contributed by atoms with Crippen LogP contribution in [0.5, 0.6) is 0 Å². The average Bonchev–Trinajstić information content (AvgIpc) is 3.17. The van der Waals surface area contributed by atoms with Gasteiger partial charge in [0.15, 0.2) is 11.5 Å². The molecule has 0 bridgehead atoms. The van der Waals surface area contributed by atoms with Gasteiger partial charge in [0.1, 0.15) is 0 Å². The third-order valence-electron chi connectivity index (χ3n) is 8.44. The summed E-state index contributed by atoms with van der Waals surface area (Å²) in [4.78, 5) is 21.6. The van der Waals surface area contributed by atoms with Crippen molar-refractivity contribution in [1.29, 1.82) is 0 Å². The van der Waals surface area contributed by atoms with Gasteiger partial charge in [0.25, 0.3) is 0 Å². The Morgan fingerprint density at radius 3 is 2.44 bits per heavy atom. The number of likely N-dealkylation sites (tertiary alicyclic amines) is 1. The van der Waals surface area contributed by atoms with Gasteiger partial charge in [-0.05, 0) is 91.9 Å². The number of carbonyl (C=O) groups is 1. The summed E-state index contributed by atoms with van der Waals surface area (Å²) in [6.45, 7) is 13.2. The molecule has 0 unspecified atom stereocenters. The van der Waals surface area contributed by atoms with Crippen molar-refractivity contribution >= 4 is 23.1 Å². The zero-order valence-electron chi connectivity index (χ0n) is 22.7. The van der Waals surface area contributed by atoms with Crippen LogP contribution in [0.25, 0.3) is 4.85 Å². The summed E-state index contributed by atoms with van der Waals surface area (Å²) in [5.41, 5.74) is 6.67. The summed E-state index contributed by atoms with van der Waals surface area (Å²) in [5.74, 6) is 1.000. The van der Waals surface area contributed by atoms with Crippen LogP contribution >= 0.6 is 11.6 Å². The summed E-state index contributed by atoms with van der Waals surface area (Å²) >= 11 is 6.34. The van der Waals surface area contributed by atoms with Gasteiger partial charge in [-0.1, -0.05) is 66.2 Å². The van der Waals surface area contributed by atoms with Gasteiger partial charge in [-0.25, -0.2) is 4.85 Å². The summed E-state index contributed by atoms with van der Waals surface area (Å²) < 4.78 is 0. The van der Waals surface area contributed by atoms with Crippen LogP contribution in [0.15, 0.2) is 66.7 Å². The SMILES string of the molecule is [C-]#[N+]c1cccc(CN2CCc3ccc(C(=O)CCCC4CCN(Cc5ccccc5Cl)CC4)cc3CC2)c1. The second-order valence-corrected chi connectivity index (χ2v) is 11.6. The molecule has 202 valence electrons. The minimum atomic E-state index is 0.283. The number of fused-ring (bicyclic) bond motifs is 1. The first kappa shape index (κ1) is 27.6. The number of carbonyl (C=O) groups excluding carboxylic acids is 1. The molecular formula is C34H38ClN3O. The number of rotatable bonds is 9. The topological polar surface area (TPSA) is 27.9 Å². The predicted molar refractivity (Wildman–Crippen MR) is 159 cm³/mol. The van der Waals surface area contributed by atoms with Gasteiger partial charge in [-0.3, -0.25) is 14.6 Å². The zero-order valence-corrected chi connectivity index (χ0v) is 23.5. The molecule has 0 saturated carbocycles. The number of nitrogens with zero attached hydrogens (tertiary/aromatic N) is 3. The molecule has 5 rings (SSSR count). The van der Waals surface area contributed by atoms with E-state index in [0.29, 0.717) is 18.0 Å². The van der Waals surface area contributed by atoms with Crippen LogP contribution in [-0.4, -0.2) is 41.8 Å². The van der Waals surface area contributed by atoms with Gasteiger partial charge in [-0.15, -0.1) is 0 Å². The molecule has 3 aromatic carbocycles. The second kappa shape index (κ2) is 13.4. The Morgan fingerprint density at radius 2 is 1.64 bits per heavy atom. The van der Waals surface area contributed by atoms with E-state index in [2.05, 4.69) is 45.0 Å². The molecule has 3 aromatic rings. The molecule has 0 amide bonds. The van der Waals surface area contributed by atoms with Crippen LogP contribution in [0.4, 0.5) is 5.69 Å². The number of piperidine rings is 1. The highest BCUT2D eigenvalue weighted by atomic mass is 35.5. The Balaban J connectivity index is 1.06. The highest BCUT2D eigenvalue weighted by molar-refractivity contribution is 6.31. The molecular weight excluding hydrogens is 502 g/mol. The lowest BCUT2D eigenvalue weighted by Crippen LogP contribution is -2.33. The molecule has 0 atom stereocenters. The molecule has 0 spiro atoms. The minimum Gasteiger partial charge on any atom is -0.299 e. The van der Waals surface area contributed by atoms with Crippen molar-refractivity contribution in [2.75, 3.05) is 26.2 Å². The van der Waals surface area contributed by atoms with E-state index in [0.717, 1.165) is 75.5 Å². The van der Waals surface area contributed by atoms with Crippen LogP contribution in [0.2, 0.25) is 5.02 Å². The molecule has 5 heteroatoms. The standard InChI is InChI=1S/C34H38ClN3O/c1-36-32-9-4-7-27(22-32)24-37-20-16-28-12-13-30(23-29(28)17-21-37)34(39)11-5-6-26-14-18-38(19-15-26)25-31-8-2-3-10-33(31)35/h2-4,7-10,12-13,22-23,26H,5-6,11,14-21,24-25H2. The maximum absolute atomic E-state index is 13.1. The van der Waals surface area contributed by atoms with Crippen molar-refractivity contribution in [2.45, 2.75) is 58.0 Å². The van der Waals surface area contributed by atoms with Crippen molar-refractivity contribution in [1.82, 2.24) is 9.80 Å². The maximum Gasteiger partial charge on any atom is 0.187 e. The van der Waals surface area contributed by atoms with Crippen molar-refractivity contribution in [3.8, 4) is 0 Å². The van der Waals surface area contributed by atoms with Crippen LogP contribution in [0, 0.1) is 12.5 Å². The number of hydrogen-bond donors (Lipinski definition) is 0. The molecule has 0 N–H and O–H groups in total. The molecule has 4 nitrogen and oxygen atoms in total. The summed E-state index contributed by atoms with van der Waals surface area (Å²) in [5, 5.41) is 0.858. The lowest BCUT2D eigenvalue weighted by atomic mass is 9.90. The van der Waals surface area contributed by atoms with Gasteiger partial charge >= 0.3 is 0 Å². The normalized spacial score (nSPS) is 16.8. The first-order valence-electron chi connectivity index (χ1n) is 14.4. The van der Waals surface area contributed by atoms with Gasteiger partial charge in [-0.2, -0.15) is 0 Å². The summed E-state index contributed by atoms with van der Waals surface area (Å²) in [6.07, 6.45) is 7.13. The summed E-state index contributed by atoms with van der Waals surface area (Å²) in [7, 11) is 0. The fraction of sp³-hybridized carbons (Fsp3) is 0.412. The predicted octanol–water partition coefficient (Wildman–Crippen LogP) is 7.76. The molecule has 0 aromatic heterocycles. The smallest absolute Gasteiger partial charge is 0.187 e. The molecule has 0 aliphatic carbocycles. The number of benzene rings is 3. The first-order chi connectivity index (χ1) is 19.1. The third kappa shape index (κ3) is 7.57. The van der Waals surface area contributed by atoms with E-state index in [1.807, 2.05) is 36.4 Å². The van der Waals surface area contributed by atoms with Crippen LogP contribution in [-0.2, 0) is 25.9 Å². The fourth-order valence-electron chi connectivity index (χ4n) is 6.08. The van der Waals surface area contributed by atoms with Crippen molar-refractivity contribution in [2.24, 2.45) is 5.92 Å². The van der Waals surface area contributed by atoms with E-state index in [4.69, 9.17) is 18.2 Å². The molecule has 1 fully saturated rings. The van der Waals surface area contributed by atoms with E-state index in [1.165, 1.54) is 35.1 Å². The summed E-state index contributed by atoms with van der Waals surface area (Å²) in [6, 6.07) is 22.5. The molecule has 2 aliphatic heterocycles. The van der Waals surface area contributed by atoms with Gasteiger partial charge in [0.05, 0.1) is 6.57 Å². The van der Waals surface area contributed by atoms with E-state index < -0.39 is 0 Å². The van der Waals surface area contributed by atoms with Gasteiger partial charge < -0.3 is 0 Å². The molecule has 0 radical (unpaired) electrons. The maximum atomic E-state index is 13.1. The van der Waals surface area contributed by atoms with E-state index >= 15 is 0 Å². The van der Waals surface area contributed by atoms with Gasteiger partial charge in [0, 0.05) is 43.2 Å². The van der Waals surface area contributed by atoms with Crippen molar-refractivity contribution in [3.05, 3.63) is 111 Å². The quantitative estimate of drug-likeness (QED) is 0.205. The third-order valence-corrected chi connectivity index (χ3v) is 8.81. The van der Waals surface area contributed by atoms with E-state index in [-0.39, 0.29) is 5.78 Å². The highest BCUT2D eigenvalue weighted by Crippen LogP contribution is 2.26. The molecule has 39 heavy (non-hydrogen) atoms. The number of halogens is 1. The van der Waals surface area contributed by atoms with Crippen molar-refractivity contribution in [3.63, 3.8) is 0 Å². The monoisotopic (exact) mass is 539 g/mol.